The quantitative estimate of drug-likeness (QED) is 0.120. The predicted octanol–water partition coefficient (Wildman–Crippen LogP) is 8.12. The van der Waals surface area contributed by atoms with Gasteiger partial charge in [0.2, 0.25) is 0 Å². The van der Waals surface area contributed by atoms with Crippen molar-refractivity contribution in [3.8, 4) is 0 Å². The standard InChI is InChI=1S/C27H59NO3Si/c1-8-9-10-11-12-13-14-15-16-17-18-19-20-22-26(25(2)27(3,4)28)23-21-24-32(29-5,30-6)31-7/h25-26H,8-24,28H2,1-7H3. The maximum Gasteiger partial charge on any atom is 0.500 e. The third kappa shape index (κ3) is 15.1. The van der Waals surface area contributed by atoms with Crippen molar-refractivity contribution in [1.82, 2.24) is 0 Å². The van der Waals surface area contributed by atoms with Gasteiger partial charge in [-0.1, -0.05) is 110 Å². The number of nitrogens with two attached hydrogens (primary N) is 1. The van der Waals surface area contributed by atoms with E-state index in [0.29, 0.717) is 11.8 Å². The van der Waals surface area contributed by atoms with Crippen molar-refractivity contribution in [2.24, 2.45) is 17.6 Å². The molecule has 0 saturated heterocycles. The number of hydrogen-bond acceptors (Lipinski definition) is 4. The summed E-state index contributed by atoms with van der Waals surface area (Å²) in [6.45, 7) is 8.97. The van der Waals surface area contributed by atoms with Gasteiger partial charge in [-0.25, -0.2) is 0 Å². The Labute approximate surface area is 203 Å². The van der Waals surface area contributed by atoms with Gasteiger partial charge in [-0.05, 0) is 32.1 Å². The van der Waals surface area contributed by atoms with Crippen LogP contribution in [0.25, 0.3) is 0 Å². The zero-order valence-electron chi connectivity index (χ0n) is 23.0. The van der Waals surface area contributed by atoms with E-state index in [4.69, 9.17) is 19.0 Å². The molecule has 0 rings (SSSR count). The van der Waals surface area contributed by atoms with Gasteiger partial charge in [-0.3, -0.25) is 0 Å². The van der Waals surface area contributed by atoms with E-state index >= 15 is 0 Å². The fourth-order valence-electron chi connectivity index (χ4n) is 4.81. The Kier molecular flexibility index (Phi) is 19.4. The van der Waals surface area contributed by atoms with E-state index in [9.17, 15) is 0 Å². The summed E-state index contributed by atoms with van der Waals surface area (Å²) in [6.07, 6.45) is 21.8. The van der Waals surface area contributed by atoms with Crippen molar-refractivity contribution in [3.05, 3.63) is 0 Å². The third-order valence-electron chi connectivity index (χ3n) is 7.55. The molecule has 0 aliphatic carbocycles. The van der Waals surface area contributed by atoms with E-state index in [1.165, 1.54) is 96.3 Å². The van der Waals surface area contributed by atoms with Crippen molar-refractivity contribution >= 4 is 8.80 Å². The smallest absolute Gasteiger partial charge is 0.377 e. The molecule has 0 aromatic heterocycles. The molecule has 0 radical (unpaired) electrons. The maximum atomic E-state index is 6.49. The summed E-state index contributed by atoms with van der Waals surface area (Å²) in [4.78, 5) is 0. The Morgan fingerprint density at radius 1 is 0.656 bits per heavy atom. The first-order valence-electron chi connectivity index (χ1n) is 13.7. The Hall–Kier alpha value is 0.0569. The van der Waals surface area contributed by atoms with Crippen LogP contribution in [0.1, 0.15) is 130 Å². The van der Waals surface area contributed by atoms with E-state index in [1.807, 2.05) is 0 Å². The van der Waals surface area contributed by atoms with Gasteiger partial charge in [0.05, 0.1) is 0 Å². The largest absolute Gasteiger partial charge is 0.500 e. The van der Waals surface area contributed by atoms with Gasteiger partial charge in [0.1, 0.15) is 0 Å². The fourth-order valence-corrected chi connectivity index (χ4v) is 6.56. The highest BCUT2D eigenvalue weighted by molar-refractivity contribution is 6.60. The molecule has 194 valence electrons. The Bertz CT molecular complexity index is 402. The zero-order valence-corrected chi connectivity index (χ0v) is 24.0. The molecule has 4 nitrogen and oxygen atoms in total. The van der Waals surface area contributed by atoms with E-state index < -0.39 is 8.80 Å². The van der Waals surface area contributed by atoms with Crippen LogP contribution in [0.5, 0.6) is 0 Å². The van der Waals surface area contributed by atoms with Gasteiger partial charge in [0, 0.05) is 32.9 Å². The average molecular weight is 474 g/mol. The maximum absolute atomic E-state index is 6.49. The van der Waals surface area contributed by atoms with Crippen molar-refractivity contribution < 1.29 is 13.3 Å². The average Bonchev–Trinajstić information content (AvgIpc) is 2.77. The minimum Gasteiger partial charge on any atom is -0.377 e. The summed E-state index contributed by atoms with van der Waals surface area (Å²) in [5, 5.41) is 0. The summed E-state index contributed by atoms with van der Waals surface area (Å²) in [6, 6.07) is 0.878. The SMILES string of the molecule is CCCCCCCCCCCCCCCC(CCC[Si](OC)(OC)OC)C(C)C(C)(C)N. The highest BCUT2D eigenvalue weighted by atomic mass is 28.4. The predicted molar refractivity (Wildman–Crippen MR) is 142 cm³/mol. The molecular formula is C27H59NO3Si. The second-order valence-electron chi connectivity index (χ2n) is 10.6. The van der Waals surface area contributed by atoms with Gasteiger partial charge in [-0.15, -0.1) is 0 Å². The zero-order chi connectivity index (χ0) is 24.3. The minimum absolute atomic E-state index is 0.139. The summed E-state index contributed by atoms with van der Waals surface area (Å²) < 4.78 is 16.8. The Morgan fingerprint density at radius 2 is 1.03 bits per heavy atom. The molecule has 0 bridgehead atoms. The molecule has 2 atom stereocenters. The van der Waals surface area contributed by atoms with Crippen LogP contribution in [-0.4, -0.2) is 35.7 Å². The second kappa shape index (κ2) is 19.4. The van der Waals surface area contributed by atoms with Gasteiger partial charge in [0.25, 0.3) is 0 Å². The van der Waals surface area contributed by atoms with Crippen LogP contribution in [0.3, 0.4) is 0 Å². The highest BCUT2D eigenvalue weighted by Gasteiger charge is 2.37. The number of rotatable bonds is 23. The number of hydrogen-bond donors (Lipinski definition) is 1. The number of unbranched alkanes of at least 4 members (excludes halogenated alkanes) is 12. The first-order valence-corrected chi connectivity index (χ1v) is 15.6. The van der Waals surface area contributed by atoms with Crippen molar-refractivity contribution in [1.29, 1.82) is 0 Å². The van der Waals surface area contributed by atoms with E-state index in [2.05, 4.69) is 27.7 Å². The lowest BCUT2D eigenvalue weighted by molar-refractivity contribution is 0.121. The molecule has 0 saturated carbocycles. The summed E-state index contributed by atoms with van der Waals surface area (Å²) in [5.74, 6) is 1.16. The Morgan fingerprint density at radius 3 is 1.41 bits per heavy atom. The van der Waals surface area contributed by atoms with Crippen LogP contribution in [0.2, 0.25) is 6.04 Å². The van der Waals surface area contributed by atoms with Crippen LogP contribution < -0.4 is 5.73 Å². The topological polar surface area (TPSA) is 53.7 Å². The normalized spacial score (nSPS) is 14.6. The molecule has 2 unspecified atom stereocenters. The molecular weight excluding hydrogens is 414 g/mol. The lowest BCUT2D eigenvalue weighted by Crippen LogP contribution is -2.44. The van der Waals surface area contributed by atoms with E-state index in [-0.39, 0.29) is 5.54 Å². The molecule has 0 heterocycles. The summed E-state index contributed by atoms with van der Waals surface area (Å²) in [5.41, 5.74) is 6.35. The molecule has 0 aromatic rings. The highest BCUT2D eigenvalue weighted by Crippen LogP contribution is 2.32. The van der Waals surface area contributed by atoms with Gasteiger partial charge < -0.3 is 19.0 Å². The lowest BCUT2D eigenvalue weighted by atomic mass is 9.75. The van der Waals surface area contributed by atoms with Crippen LogP contribution in [-0.2, 0) is 13.3 Å². The van der Waals surface area contributed by atoms with Gasteiger partial charge in [0.15, 0.2) is 0 Å². The molecule has 0 aliphatic rings. The van der Waals surface area contributed by atoms with E-state index in [0.717, 1.165) is 12.5 Å². The molecule has 0 aliphatic heterocycles. The van der Waals surface area contributed by atoms with Crippen LogP contribution >= 0.6 is 0 Å². The molecule has 2 N–H and O–H groups in total. The van der Waals surface area contributed by atoms with Gasteiger partial charge in [-0.2, -0.15) is 0 Å². The van der Waals surface area contributed by atoms with Crippen molar-refractivity contribution in [2.45, 2.75) is 142 Å². The van der Waals surface area contributed by atoms with Gasteiger partial charge >= 0.3 is 8.80 Å². The lowest BCUT2D eigenvalue weighted by Gasteiger charge is -2.35. The summed E-state index contributed by atoms with van der Waals surface area (Å²) in [7, 11) is 2.64. The summed E-state index contributed by atoms with van der Waals surface area (Å²) >= 11 is 0. The first kappa shape index (κ1) is 32.1. The molecule has 0 aromatic carbocycles. The molecule has 0 fully saturated rings. The third-order valence-corrected chi connectivity index (χ3v) is 10.4. The first-order chi connectivity index (χ1) is 15.3. The van der Waals surface area contributed by atoms with Crippen LogP contribution in [0.15, 0.2) is 0 Å². The fraction of sp³-hybridized carbons (Fsp3) is 1.00. The van der Waals surface area contributed by atoms with Crippen LogP contribution in [0.4, 0.5) is 0 Å². The molecule has 0 amide bonds. The monoisotopic (exact) mass is 473 g/mol. The van der Waals surface area contributed by atoms with E-state index in [1.54, 1.807) is 21.3 Å². The molecule has 32 heavy (non-hydrogen) atoms. The minimum atomic E-state index is -2.47. The van der Waals surface area contributed by atoms with Crippen LogP contribution in [0, 0.1) is 11.8 Å². The molecule has 5 heteroatoms. The second-order valence-corrected chi connectivity index (χ2v) is 13.7. The van der Waals surface area contributed by atoms with Crippen molar-refractivity contribution in [3.63, 3.8) is 0 Å². The van der Waals surface area contributed by atoms with Crippen molar-refractivity contribution in [2.75, 3.05) is 21.3 Å². The molecule has 0 spiro atoms. The Balaban J connectivity index is 4.09.